The Hall–Kier alpha value is -0.570. The van der Waals surface area contributed by atoms with Gasteiger partial charge in [0, 0.05) is 13.1 Å². The number of hydrogen-bond donors (Lipinski definition) is 1. The molecule has 0 aromatic heterocycles. The summed E-state index contributed by atoms with van der Waals surface area (Å²) in [5.74, 6) is -0.157. The molecule has 1 amide bonds. The van der Waals surface area contributed by atoms with E-state index >= 15 is 0 Å². The summed E-state index contributed by atoms with van der Waals surface area (Å²) in [6, 6.07) is 0. The van der Waals surface area contributed by atoms with Crippen LogP contribution in [-0.2, 0) is 4.79 Å². The zero-order valence-electron chi connectivity index (χ0n) is 3.92. The Labute approximate surface area is 41.9 Å². The highest BCUT2D eigenvalue weighted by molar-refractivity contribution is 5.77. The lowest BCUT2D eigenvalue weighted by molar-refractivity contribution is -0.123. The van der Waals surface area contributed by atoms with E-state index in [9.17, 15) is 4.79 Å². The van der Waals surface area contributed by atoms with Gasteiger partial charge in [-0.3, -0.25) is 4.79 Å². The Balaban J connectivity index is 2.27. The highest BCUT2D eigenvalue weighted by Gasteiger charge is 2.22. The first-order valence-electron chi connectivity index (χ1n) is 2.23. The Morgan fingerprint density at radius 2 is 2.29 bits per heavy atom. The number of rotatable bonds is 1. The van der Waals surface area contributed by atoms with Crippen molar-refractivity contribution in [1.29, 1.82) is 0 Å². The second-order valence-corrected chi connectivity index (χ2v) is 1.69. The smallest absolute Gasteiger partial charge is 0.223 e. The van der Waals surface area contributed by atoms with Crippen molar-refractivity contribution in [2.75, 3.05) is 13.1 Å². The molecule has 1 rings (SSSR count). The maximum absolute atomic E-state index is 10.1. The van der Waals surface area contributed by atoms with Gasteiger partial charge < -0.3 is 5.73 Å². The van der Waals surface area contributed by atoms with Crippen molar-refractivity contribution < 1.29 is 4.79 Å². The highest BCUT2D eigenvalue weighted by atomic mass is 16.1. The summed E-state index contributed by atoms with van der Waals surface area (Å²) in [4.78, 5) is 10.1. The third kappa shape index (κ3) is 0.718. The highest BCUT2D eigenvalue weighted by Crippen LogP contribution is 2.01. The molecule has 0 spiro atoms. The molecule has 0 bridgehead atoms. The molecule has 3 nitrogen and oxygen atoms in total. The molecular weight excluding hydrogens is 92.1 g/mol. The quantitative estimate of drug-likeness (QED) is 0.436. The normalized spacial score (nSPS) is 21.1. The maximum Gasteiger partial charge on any atom is 0.223 e. The molecule has 0 aliphatic carbocycles. The molecule has 0 saturated carbocycles. The molecule has 0 aromatic carbocycles. The molecule has 3 heteroatoms. The van der Waals surface area contributed by atoms with Crippen molar-refractivity contribution in [3.8, 4) is 0 Å². The number of carbonyl (C=O) groups is 1. The molecule has 1 saturated heterocycles. The number of carbonyl (C=O) groups excluding carboxylic acids is 1. The summed E-state index contributed by atoms with van der Waals surface area (Å²) in [6.45, 7) is 1.30. The van der Waals surface area contributed by atoms with E-state index in [0.29, 0.717) is 13.1 Å². The molecule has 1 heterocycles. The summed E-state index contributed by atoms with van der Waals surface area (Å²) >= 11 is 0. The average Bonchev–Trinajstić information content (AvgIpc) is 1.23. The first kappa shape index (κ1) is 4.59. The molecule has 1 aliphatic heterocycles. The number of nitrogens with zero attached hydrogens (tertiary/aromatic N) is 1. The van der Waals surface area contributed by atoms with Gasteiger partial charge >= 0.3 is 0 Å². The third-order valence-electron chi connectivity index (χ3n) is 1.10. The van der Waals surface area contributed by atoms with Gasteiger partial charge in [0.25, 0.3) is 0 Å². The van der Waals surface area contributed by atoms with Crippen LogP contribution in [0.3, 0.4) is 0 Å². The molecule has 7 heavy (non-hydrogen) atoms. The van der Waals surface area contributed by atoms with Gasteiger partial charge in [-0.05, 0) is 0 Å². The van der Waals surface area contributed by atoms with Crippen LogP contribution in [0.25, 0.3) is 0 Å². The molecule has 1 fully saturated rings. The van der Waals surface area contributed by atoms with E-state index in [0.717, 1.165) is 0 Å². The van der Waals surface area contributed by atoms with Gasteiger partial charge in [0.1, 0.15) is 0 Å². The van der Waals surface area contributed by atoms with Gasteiger partial charge in [0.15, 0.2) is 0 Å². The van der Waals surface area contributed by atoms with Crippen LogP contribution in [0.2, 0.25) is 0 Å². The van der Waals surface area contributed by atoms with Crippen molar-refractivity contribution in [2.24, 2.45) is 11.7 Å². The Bertz CT molecular complexity index is 87.7. The zero-order valence-corrected chi connectivity index (χ0v) is 3.92. The van der Waals surface area contributed by atoms with E-state index in [1.54, 1.807) is 0 Å². The minimum Gasteiger partial charge on any atom is -0.369 e. The molecule has 0 atom stereocenters. The zero-order chi connectivity index (χ0) is 5.28. The van der Waals surface area contributed by atoms with Crippen LogP contribution in [0.1, 0.15) is 0 Å². The predicted molar refractivity (Wildman–Crippen MR) is 24.6 cm³/mol. The van der Waals surface area contributed by atoms with E-state index in [-0.39, 0.29) is 11.8 Å². The van der Waals surface area contributed by atoms with Crippen LogP contribution in [0, 0.1) is 5.92 Å². The first-order valence-corrected chi connectivity index (χ1v) is 2.23. The number of primary amides is 1. The fraction of sp³-hybridized carbons (Fsp3) is 0.750. The minimum atomic E-state index is -0.213. The second-order valence-electron chi connectivity index (χ2n) is 1.69. The van der Waals surface area contributed by atoms with Gasteiger partial charge in [-0.25, -0.2) is 5.32 Å². The lowest BCUT2D eigenvalue weighted by Gasteiger charge is -2.20. The molecule has 1 aliphatic rings. The van der Waals surface area contributed by atoms with Crippen molar-refractivity contribution in [2.45, 2.75) is 0 Å². The topological polar surface area (TPSA) is 57.2 Å². The third-order valence-corrected chi connectivity index (χ3v) is 1.10. The van der Waals surface area contributed by atoms with Gasteiger partial charge in [-0.2, -0.15) is 0 Å². The van der Waals surface area contributed by atoms with Gasteiger partial charge in [-0.15, -0.1) is 0 Å². The van der Waals surface area contributed by atoms with E-state index in [4.69, 9.17) is 5.73 Å². The van der Waals surface area contributed by atoms with Gasteiger partial charge in [0.05, 0.1) is 5.92 Å². The van der Waals surface area contributed by atoms with Crippen LogP contribution in [0.4, 0.5) is 0 Å². The summed E-state index contributed by atoms with van der Waals surface area (Å²) in [5, 5.41) is 3.82. The fourth-order valence-corrected chi connectivity index (χ4v) is 0.438. The Kier molecular flexibility index (Phi) is 0.982. The maximum atomic E-state index is 10.1. The standard InChI is InChI=1S/C4H7N2O/c5-4(7)3-1-6-2-3/h3H,1-2H2,(H2,5,7). The number of nitrogens with two attached hydrogens (primary N) is 1. The summed E-state index contributed by atoms with van der Waals surface area (Å²) < 4.78 is 0. The van der Waals surface area contributed by atoms with E-state index in [1.165, 1.54) is 0 Å². The van der Waals surface area contributed by atoms with Crippen LogP contribution in [0.5, 0.6) is 0 Å². The van der Waals surface area contributed by atoms with Crippen molar-refractivity contribution >= 4 is 5.91 Å². The monoisotopic (exact) mass is 99.1 g/mol. The van der Waals surface area contributed by atoms with Gasteiger partial charge in [-0.1, -0.05) is 0 Å². The van der Waals surface area contributed by atoms with Crippen molar-refractivity contribution in [3.63, 3.8) is 0 Å². The van der Waals surface area contributed by atoms with Crippen LogP contribution in [-0.4, -0.2) is 19.0 Å². The molecule has 0 unspecified atom stereocenters. The lowest BCUT2D eigenvalue weighted by Crippen LogP contribution is -2.44. The van der Waals surface area contributed by atoms with E-state index < -0.39 is 0 Å². The van der Waals surface area contributed by atoms with Crippen LogP contribution >= 0.6 is 0 Å². The molecule has 1 radical (unpaired) electrons. The lowest BCUT2D eigenvalue weighted by atomic mass is 10.0. The van der Waals surface area contributed by atoms with E-state index in [2.05, 4.69) is 5.32 Å². The summed E-state index contributed by atoms with van der Waals surface area (Å²) in [6.07, 6.45) is 0. The molecule has 39 valence electrons. The summed E-state index contributed by atoms with van der Waals surface area (Å²) in [5.41, 5.74) is 4.90. The Morgan fingerprint density at radius 3 is 2.29 bits per heavy atom. The number of amides is 1. The van der Waals surface area contributed by atoms with Gasteiger partial charge in [0.2, 0.25) is 5.91 Å². The second kappa shape index (κ2) is 1.50. The van der Waals surface area contributed by atoms with Crippen molar-refractivity contribution in [3.05, 3.63) is 0 Å². The fourth-order valence-electron chi connectivity index (χ4n) is 0.438. The summed E-state index contributed by atoms with van der Waals surface area (Å²) in [7, 11) is 0. The molecule has 2 N–H and O–H groups in total. The first-order chi connectivity index (χ1) is 3.30. The van der Waals surface area contributed by atoms with Crippen LogP contribution in [0.15, 0.2) is 0 Å². The molecular formula is C4H7N2O. The molecule has 0 aromatic rings. The SMILES string of the molecule is NC(=O)C1C[N]C1. The van der Waals surface area contributed by atoms with Crippen LogP contribution < -0.4 is 11.1 Å². The average molecular weight is 99.1 g/mol. The Morgan fingerprint density at radius 1 is 1.71 bits per heavy atom. The van der Waals surface area contributed by atoms with E-state index in [1.807, 2.05) is 0 Å². The predicted octanol–water partition coefficient (Wildman–Crippen LogP) is -1.29. The minimum absolute atomic E-state index is 0.0556. The largest absolute Gasteiger partial charge is 0.369 e. The van der Waals surface area contributed by atoms with Crippen molar-refractivity contribution in [1.82, 2.24) is 5.32 Å². The number of hydrogen-bond acceptors (Lipinski definition) is 1.